The van der Waals surface area contributed by atoms with Gasteiger partial charge in [0.2, 0.25) is 0 Å². The van der Waals surface area contributed by atoms with Crippen LogP contribution in [0.5, 0.6) is 5.75 Å². The number of nitrogens with one attached hydrogen (secondary N) is 4. The summed E-state index contributed by atoms with van der Waals surface area (Å²) in [7, 11) is 1.54. The lowest BCUT2D eigenvalue weighted by Crippen LogP contribution is -2.50. The third-order valence-corrected chi connectivity index (χ3v) is 4.04. The molecule has 0 unspecified atom stereocenters. The van der Waals surface area contributed by atoms with Crippen molar-refractivity contribution in [2.45, 2.75) is 37.8 Å². The Bertz CT molecular complexity index is 567. The van der Waals surface area contributed by atoms with Gasteiger partial charge in [-0.05, 0) is 43.5 Å². The second kappa shape index (κ2) is 12.8. The summed E-state index contributed by atoms with van der Waals surface area (Å²) in [5.74, 6) is 0.205. The number of rotatable bonds is 11. The van der Waals surface area contributed by atoms with Crippen LogP contribution in [0.15, 0.2) is 24.3 Å². The van der Waals surface area contributed by atoms with Gasteiger partial charge in [-0.2, -0.15) is 0 Å². The number of nitrogens with two attached hydrogens (primary N) is 2. The summed E-state index contributed by atoms with van der Waals surface area (Å²) in [6.45, 7) is 1.23. The first kappa shape index (κ1) is 22.5. The van der Waals surface area contributed by atoms with E-state index in [9.17, 15) is 14.7 Å². The number of benzene rings is 1. The van der Waals surface area contributed by atoms with Gasteiger partial charge >= 0.3 is 12.1 Å². The number of phenols is 1. The average molecular weight is 380 g/mol. The van der Waals surface area contributed by atoms with Crippen molar-refractivity contribution < 1.29 is 14.7 Å². The first-order valence-electron chi connectivity index (χ1n) is 9.18. The Morgan fingerprint density at radius 1 is 1.07 bits per heavy atom. The molecular weight excluding hydrogens is 348 g/mol. The van der Waals surface area contributed by atoms with Crippen LogP contribution < -0.4 is 32.7 Å². The average Bonchev–Trinajstić information content (AvgIpc) is 2.66. The standard InChI is InChI=1S/C18H32N6O3/c1-21-17(26)23-12-15(4-2-3-9-19)24-18(27)22-11-14(20)10-13-5-7-16(25)8-6-13/h5-8,14-15,25H,2-4,9-12,19-20H2,1H3,(H2,21,23,26)(H2,22,24,27)/t14-,15-/m0/s1. The summed E-state index contributed by atoms with van der Waals surface area (Å²) in [4.78, 5) is 23.5. The molecule has 4 amide bonds. The number of phenolic OH excluding ortho intramolecular Hbond substituents is 1. The van der Waals surface area contributed by atoms with Crippen molar-refractivity contribution in [3.05, 3.63) is 29.8 Å². The van der Waals surface area contributed by atoms with Crippen molar-refractivity contribution >= 4 is 12.1 Å². The van der Waals surface area contributed by atoms with Crippen LogP contribution in [0.3, 0.4) is 0 Å². The zero-order valence-electron chi connectivity index (χ0n) is 15.8. The summed E-state index contributed by atoms with van der Waals surface area (Å²) < 4.78 is 0. The van der Waals surface area contributed by atoms with Crippen LogP contribution in [0.25, 0.3) is 0 Å². The number of amides is 4. The molecule has 9 nitrogen and oxygen atoms in total. The molecule has 0 aliphatic carbocycles. The molecule has 2 atom stereocenters. The molecule has 152 valence electrons. The highest BCUT2D eigenvalue weighted by Gasteiger charge is 2.14. The topological polar surface area (TPSA) is 155 Å². The van der Waals surface area contributed by atoms with E-state index >= 15 is 0 Å². The predicted molar refractivity (Wildman–Crippen MR) is 105 cm³/mol. The van der Waals surface area contributed by atoms with Gasteiger partial charge in [0.15, 0.2) is 0 Å². The fourth-order valence-electron chi connectivity index (χ4n) is 2.53. The zero-order chi connectivity index (χ0) is 20.1. The highest BCUT2D eigenvalue weighted by molar-refractivity contribution is 5.75. The molecule has 1 rings (SSSR count). The molecule has 1 aromatic rings. The Kier molecular flexibility index (Phi) is 10.7. The van der Waals surface area contributed by atoms with Crippen LogP contribution in [-0.4, -0.2) is 55.9 Å². The molecule has 0 heterocycles. The molecule has 0 fully saturated rings. The number of unbranched alkanes of at least 4 members (excludes halogenated alkanes) is 1. The summed E-state index contributed by atoms with van der Waals surface area (Å²) in [6.07, 6.45) is 3.02. The Labute approximate surface area is 160 Å². The first-order valence-corrected chi connectivity index (χ1v) is 9.18. The van der Waals surface area contributed by atoms with Crippen LogP contribution >= 0.6 is 0 Å². The zero-order valence-corrected chi connectivity index (χ0v) is 15.8. The van der Waals surface area contributed by atoms with Crippen LogP contribution in [0.2, 0.25) is 0 Å². The highest BCUT2D eigenvalue weighted by atomic mass is 16.3. The van der Waals surface area contributed by atoms with E-state index in [2.05, 4.69) is 21.3 Å². The Morgan fingerprint density at radius 3 is 2.37 bits per heavy atom. The number of hydrogen-bond donors (Lipinski definition) is 7. The molecule has 0 bridgehead atoms. The lowest BCUT2D eigenvalue weighted by atomic mass is 10.1. The maximum Gasteiger partial charge on any atom is 0.315 e. The molecule has 0 saturated heterocycles. The molecule has 0 aliphatic heterocycles. The van der Waals surface area contributed by atoms with Gasteiger partial charge in [-0.15, -0.1) is 0 Å². The van der Waals surface area contributed by atoms with Gasteiger partial charge in [0.25, 0.3) is 0 Å². The maximum absolute atomic E-state index is 12.1. The summed E-state index contributed by atoms with van der Waals surface area (Å²) in [5.41, 5.74) is 12.5. The van der Waals surface area contributed by atoms with Crippen molar-refractivity contribution in [2.75, 3.05) is 26.7 Å². The van der Waals surface area contributed by atoms with Crippen LogP contribution in [-0.2, 0) is 6.42 Å². The minimum atomic E-state index is -0.326. The normalized spacial score (nSPS) is 12.7. The second-order valence-electron chi connectivity index (χ2n) is 6.43. The largest absolute Gasteiger partial charge is 0.508 e. The first-order chi connectivity index (χ1) is 12.9. The van der Waals surface area contributed by atoms with E-state index in [1.165, 1.54) is 7.05 Å². The smallest absolute Gasteiger partial charge is 0.315 e. The Morgan fingerprint density at radius 2 is 1.74 bits per heavy atom. The van der Waals surface area contributed by atoms with E-state index in [1.54, 1.807) is 24.3 Å². The molecular formula is C18H32N6O3. The van der Waals surface area contributed by atoms with E-state index in [0.29, 0.717) is 32.5 Å². The molecule has 1 aromatic carbocycles. The van der Waals surface area contributed by atoms with Gasteiger partial charge in [-0.25, -0.2) is 9.59 Å². The number of carbonyl (C=O) groups is 2. The Hall–Kier alpha value is -2.52. The summed E-state index contributed by atoms with van der Waals surface area (Å²) in [6, 6.07) is 5.74. The lowest BCUT2D eigenvalue weighted by Gasteiger charge is -2.20. The minimum Gasteiger partial charge on any atom is -0.508 e. The quantitative estimate of drug-likeness (QED) is 0.269. The van der Waals surface area contributed by atoms with Crippen molar-refractivity contribution in [1.29, 1.82) is 0 Å². The third kappa shape index (κ3) is 10.3. The molecule has 0 radical (unpaired) electrons. The Balaban J connectivity index is 2.39. The van der Waals surface area contributed by atoms with Crippen LogP contribution in [0, 0.1) is 0 Å². The summed E-state index contributed by atoms with van der Waals surface area (Å²) >= 11 is 0. The van der Waals surface area contributed by atoms with Gasteiger partial charge in [0, 0.05) is 32.2 Å². The molecule has 0 aliphatic rings. The van der Waals surface area contributed by atoms with E-state index in [1.807, 2.05) is 0 Å². The molecule has 27 heavy (non-hydrogen) atoms. The fourth-order valence-corrected chi connectivity index (χ4v) is 2.53. The molecule has 9 heteroatoms. The second-order valence-corrected chi connectivity index (χ2v) is 6.43. The van der Waals surface area contributed by atoms with Crippen molar-refractivity contribution in [3.63, 3.8) is 0 Å². The van der Waals surface area contributed by atoms with Gasteiger partial charge in [0.05, 0.1) is 0 Å². The van der Waals surface area contributed by atoms with Gasteiger partial charge in [0.1, 0.15) is 5.75 Å². The highest BCUT2D eigenvalue weighted by Crippen LogP contribution is 2.10. The molecule has 0 aromatic heterocycles. The third-order valence-electron chi connectivity index (χ3n) is 4.04. The van der Waals surface area contributed by atoms with Gasteiger partial charge in [-0.1, -0.05) is 18.6 Å². The fraction of sp³-hybridized carbons (Fsp3) is 0.556. The van der Waals surface area contributed by atoms with E-state index in [0.717, 1.165) is 18.4 Å². The molecule has 0 saturated carbocycles. The maximum atomic E-state index is 12.1. The minimum absolute atomic E-state index is 0.192. The molecule has 0 spiro atoms. The van der Waals surface area contributed by atoms with Crippen molar-refractivity contribution in [3.8, 4) is 5.75 Å². The monoisotopic (exact) mass is 380 g/mol. The predicted octanol–water partition coefficient (Wildman–Crippen LogP) is -0.0122. The lowest BCUT2D eigenvalue weighted by molar-refractivity contribution is 0.231. The van der Waals surface area contributed by atoms with Crippen LogP contribution in [0.4, 0.5) is 9.59 Å². The number of carbonyl (C=O) groups excluding carboxylic acids is 2. The van der Waals surface area contributed by atoms with E-state index < -0.39 is 0 Å². The number of aromatic hydroxyl groups is 1. The van der Waals surface area contributed by atoms with Gasteiger partial charge < -0.3 is 37.8 Å². The van der Waals surface area contributed by atoms with Crippen molar-refractivity contribution in [2.24, 2.45) is 11.5 Å². The molecule has 9 N–H and O–H groups in total. The SMILES string of the molecule is CNC(=O)NC[C@H](CCCCN)NC(=O)NC[C@@H](N)Cc1ccc(O)cc1. The number of hydrogen-bond acceptors (Lipinski definition) is 5. The van der Waals surface area contributed by atoms with Gasteiger partial charge in [-0.3, -0.25) is 0 Å². The number of urea groups is 2. The van der Waals surface area contributed by atoms with Crippen LogP contribution in [0.1, 0.15) is 24.8 Å². The summed E-state index contributed by atoms with van der Waals surface area (Å²) in [5, 5.41) is 20.1. The van der Waals surface area contributed by atoms with Crippen molar-refractivity contribution in [1.82, 2.24) is 21.3 Å². The van der Waals surface area contributed by atoms with E-state index in [4.69, 9.17) is 11.5 Å². The van der Waals surface area contributed by atoms with E-state index in [-0.39, 0.29) is 29.9 Å².